The third-order valence-corrected chi connectivity index (χ3v) is 2.83. The minimum absolute atomic E-state index is 0.0382. The largest absolute Gasteiger partial charge is 0.506 e. The molecule has 3 nitrogen and oxygen atoms in total. The van der Waals surface area contributed by atoms with Crippen molar-refractivity contribution in [3.8, 4) is 5.75 Å². The Morgan fingerprint density at radius 2 is 2.13 bits per heavy atom. The first-order valence-corrected chi connectivity index (χ1v) is 4.98. The molecule has 15 heavy (non-hydrogen) atoms. The van der Waals surface area contributed by atoms with E-state index in [4.69, 9.17) is 16.0 Å². The van der Waals surface area contributed by atoms with Crippen LogP contribution in [0.5, 0.6) is 5.75 Å². The summed E-state index contributed by atoms with van der Waals surface area (Å²) >= 11 is 8.49. The van der Waals surface area contributed by atoms with E-state index in [2.05, 4.69) is 15.9 Å². The second kappa shape index (κ2) is 3.50. The van der Waals surface area contributed by atoms with Crippen molar-refractivity contribution < 1.29 is 13.9 Å². The maximum Gasteiger partial charge on any atom is 0.354 e. The molecule has 1 aromatic carbocycles. The first kappa shape index (κ1) is 10.4. The summed E-state index contributed by atoms with van der Waals surface area (Å²) in [5, 5.41) is 9.54. The molecular weight excluding hydrogens is 290 g/mol. The number of hydrogen-bond acceptors (Lipinski definition) is 3. The first-order chi connectivity index (χ1) is 7.00. The van der Waals surface area contributed by atoms with Crippen molar-refractivity contribution >= 4 is 38.5 Å². The van der Waals surface area contributed by atoms with E-state index in [1.165, 1.54) is 0 Å². The molecule has 0 atom stereocenters. The maximum absolute atomic E-state index is 13.0. The predicted molar refractivity (Wildman–Crippen MR) is 56.8 cm³/mol. The Morgan fingerprint density at radius 3 is 2.80 bits per heavy atom. The number of benzene rings is 1. The first-order valence-electron chi connectivity index (χ1n) is 3.81. The van der Waals surface area contributed by atoms with Gasteiger partial charge >= 0.3 is 5.63 Å². The smallest absolute Gasteiger partial charge is 0.354 e. The van der Waals surface area contributed by atoms with Crippen LogP contribution in [0.1, 0.15) is 0 Å². The van der Waals surface area contributed by atoms with Crippen LogP contribution < -0.4 is 5.63 Å². The Bertz CT molecular complexity index is 608. The minimum atomic E-state index is -0.770. The lowest BCUT2D eigenvalue weighted by atomic mass is 10.2. The van der Waals surface area contributed by atoms with E-state index in [-0.39, 0.29) is 26.2 Å². The highest BCUT2D eigenvalue weighted by atomic mass is 79.9. The van der Waals surface area contributed by atoms with E-state index in [0.717, 1.165) is 12.1 Å². The molecule has 0 unspecified atom stereocenters. The van der Waals surface area contributed by atoms with Crippen LogP contribution in [0.4, 0.5) is 4.39 Å². The molecule has 2 rings (SSSR count). The number of fused-ring (bicyclic) bond motifs is 1. The molecule has 2 aromatic rings. The molecule has 0 saturated heterocycles. The molecule has 0 aliphatic carbocycles. The zero-order valence-corrected chi connectivity index (χ0v) is 9.39. The van der Waals surface area contributed by atoms with E-state index in [1.807, 2.05) is 0 Å². The highest BCUT2D eigenvalue weighted by Gasteiger charge is 2.14. The van der Waals surface area contributed by atoms with E-state index in [9.17, 15) is 14.3 Å². The van der Waals surface area contributed by atoms with E-state index < -0.39 is 11.4 Å². The van der Waals surface area contributed by atoms with Crippen LogP contribution in [0.2, 0.25) is 5.02 Å². The summed E-state index contributed by atoms with van der Waals surface area (Å²) in [6, 6.07) is 2.03. The Hall–Kier alpha value is -1.07. The van der Waals surface area contributed by atoms with E-state index in [1.54, 1.807) is 0 Å². The van der Waals surface area contributed by atoms with Crippen molar-refractivity contribution in [1.82, 2.24) is 0 Å². The van der Waals surface area contributed by atoms with E-state index in [0.29, 0.717) is 0 Å². The van der Waals surface area contributed by atoms with Crippen LogP contribution in [0.25, 0.3) is 11.0 Å². The molecule has 0 bridgehead atoms. The minimum Gasteiger partial charge on any atom is -0.506 e. The van der Waals surface area contributed by atoms with Gasteiger partial charge in [0.25, 0.3) is 0 Å². The highest BCUT2D eigenvalue weighted by Crippen LogP contribution is 2.33. The number of halogens is 3. The lowest BCUT2D eigenvalue weighted by Crippen LogP contribution is -2.00. The average Bonchev–Trinajstić information content (AvgIpc) is 2.17. The lowest BCUT2D eigenvalue weighted by Gasteiger charge is -2.03. The van der Waals surface area contributed by atoms with Crippen LogP contribution in [0.3, 0.4) is 0 Å². The van der Waals surface area contributed by atoms with Gasteiger partial charge in [-0.3, -0.25) is 0 Å². The number of aromatic hydroxyl groups is 1. The van der Waals surface area contributed by atoms with Gasteiger partial charge in [0, 0.05) is 0 Å². The molecule has 1 aromatic heterocycles. The van der Waals surface area contributed by atoms with Gasteiger partial charge in [0.1, 0.15) is 16.0 Å². The van der Waals surface area contributed by atoms with Crippen LogP contribution in [-0.2, 0) is 0 Å². The van der Waals surface area contributed by atoms with Gasteiger partial charge in [-0.2, -0.15) is 0 Å². The summed E-state index contributed by atoms with van der Waals surface area (Å²) in [4.78, 5) is 11.2. The van der Waals surface area contributed by atoms with Gasteiger partial charge in [0.05, 0.1) is 10.4 Å². The average molecular weight is 293 g/mol. The molecule has 1 heterocycles. The summed E-state index contributed by atoms with van der Waals surface area (Å²) in [6.45, 7) is 0. The Balaban J connectivity index is 3.05. The second-order valence-electron chi connectivity index (χ2n) is 2.82. The fraction of sp³-hybridized carbons (Fsp3) is 0. The maximum atomic E-state index is 13.0. The standard InChI is InChI=1S/C9H3BrClFO3/c10-6-7(13)4-1-3(12)2-5(11)8(4)15-9(6)14/h1-2,13H. The monoisotopic (exact) mass is 292 g/mol. The van der Waals surface area contributed by atoms with Crippen molar-refractivity contribution in [3.05, 3.63) is 37.9 Å². The van der Waals surface area contributed by atoms with Crippen molar-refractivity contribution in [3.63, 3.8) is 0 Å². The number of rotatable bonds is 0. The molecule has 0 aliphatic rings. The quantitative estimate of drug-likeness (QED) is 0.760. The van der Waals surface area contributed by atoms with Crippen LogP contribution in [0, 0.1) is 5.82 Å². The molecular formula is C9H3BrClFO3. The molecule has 0 radical (unpaired) electrons. The molecule has 1 N–H and O–H groups in total. The van der Waals surface area contributed by atoms with Crippen LogP contribution in [0.15, 0.2) is 25.8 Å². The molecule has 0 saturated carbocycles. The SMILES string of the molecule is O=c1oc2c(Cl)cc(F)cc2c(O)c1Br. The normalized spacial score (nSPS) is 10.9. The third-order valence-electron chi connectivity index (χ3n) is 1.85. The van der Waals surface area contributed by atoms with Crippen molar-refractivity contribution in [2.75, 3.05) is 0 Å². The molecule has 0 amide bonds. The van der Waals surface area contributed by atoms with Crippen LogP contribution >= 0.6 is 27.5 Å². The van der Waals surface area contributed by atoms with Crippen LogP contribution in [-0.4, -0.2) is 5.11 Å². The fourth-order valence-electron chi connectivity index (χ4n) is 1.19. The summed E-state index contributed by atoms with van der Waals surface area (Å²) in [5.74, 6) is -1.01. The highest BCUT2D eigenvalue weighted by molar-refractivity contribution is 9.10. The molecule has 0 fully saturated rings. The lowest BCUT2D eigenvalue weighted by molar-refractivity contribution is 0.462. The van der Waals surface area contributed by atoms with Crippen molar-refractivity contribution in [1.29, 1.82) is 0 Å². The topological polar surface area (TPSA) is 50.4 Å². The summed E-state index contributed by atoms with van der Waals surface area (Å²) in [6.07, 6.45) is 0. The van der Waals surface area contributed by atoms with Gasteiger partial charge in [0.15, 0.2) is 5.58 Å². The van der Waals surface area contributed by atoms with E-state index >= 15 is 0 Å². The molecule has 0 aliphatic heterocycles. The van der Waals surface area contributed by atoms with Gasteiger partial charge in [-0.05, 0) is 28.1 Å². The predicted octanol–water partition coefficient (Wildman–Crippen LogP) is 3.05. The zero-order chi connectivity index (χ0) is 11.2. The fourth-order valence-corrected chi connectivity index (χ4v) is 1.73. The van der Waals surface area contributed by atoms with Crippen molar-refractivity contribution in [2.45, 2.75) is 0 Å². The summed E-state index contributed by atoms with van der Waals surface area (Å²) in [5.41, 5.74) is -0.808. The van der Waals surface area contributed by atoms with Gasteiger partial charge in [-0.1, -0.05) is 11.6 Å². The summed E-state index contributed by atoms with van der Waals surface area (Å²) in [7, 11) is 0. The van der Waals surface area contributed by atoms with Gasteiger partial charge in [0.2, 0.25) is 0 Å². The van der Waals surface area contributed by atoms with Gasteiger partial charge in [-0.15, -0.1) is 0 Å². The van der Waals surface area contributed by atoms with Crippen molar-refractivity contribution in [2.24, 2.45) is 0 Å². The molecule has 78 valence electrons. The zero-order valence-electron chi connectivity index (χ0n) is 7.05. The summed E-state index contributed by atoms with van der Waals surface area (Å²) < 4.78 is 17.6. The van der Waals surface area contributed by atoms with Gasteiger partial charge < -0.3 is 9.52 Å². The second-order valence-corrected chi connectivity index (χ2v) is 4.02. The molecule has 0 spiro atoms. The Morgan fingerprint density at radius 1 is 1.47 bits per heavy atom. The number of hydrogen-bond donors (Lipinski definition) is 1. The molecule has 6 heteroatoms. The Kier molecular flexibility index (Phi) is 2.44. The third kappa shape index (κ3) is 1.61. The van der Waals surface area contributed by atoms with Gasteiger partial charge in [-0.25, -0.2) is 9.18 Å². The Labute approximate surface area is 96.2 Å².